The van der Waals surface area contributed by atoms with Crippen molar-refractivity contribution < 1.29 is 24.1 Å². The number of methoxy groups -OCH3 is 1. The molecule has 0 radical (unpaired) electrons. The molecule has 1 aromatic rings. The molecule has 3 rings (SSSR count). The van der Waals surface area contributed by atoms with Crippen molar-refractivity contribution in [3.63, 3.8) is 0 Å². The van der Waals surface area contributed by atoms with Gasteiger partial charge in [0, 0.05) is 12.1 Å². The maximum absolute atomic E-state index is 12.0. The highest BCUT2D eigenvalue weighted by molar-refractivity contribution is 6.24. The van der Waals surface area contributed by atoms with Crippen LogP contribution in [0.5, 0.6) is 11.5 Å². The van der Waals surface area contributed by atoms with Gasteiger partial charge in [-0.1, -0.05) is 0 Å². The van der Waals surface area contributed by atoms with Gasteiger partial charge in [0.15, 0.2) is 11.5 Å². The largest absolute Gasteiger partial charge is 0.506 e. The monoisotopic (exact) mass is 289 g/mol. The van der Waals surface area contributed by atoms with Crippen LogP contribution in [0.15, 0.2) is 28.8 Å². The van der Waals surface area contributed by atoms with Gasteiger partial charge in [-0.25, -0.2) is 4.79 Å². The van der Waals surface area contributed by atoms with E-state index in [0.29, 0.717) is 35.7 Å². The van der Waals surface area contributed by atoms with Crippen molar-refractivity contribution in [2.75, 3.05) is 20.4 Å². The number of esters is 1. The van der Waals surface area contributed by atoms with Gasteiger partial charge < -0.3 is 19.3 Å². The first-order chi connectivity index (χ1) is 10.2. The third-order valence-corrected chi connectivity index (χ3v) is 3.44. The van der Waals surface area contributed by atoms with Crippen LogP contribution in [-0.2, 0) is 9.53 Å². The molecule has 21 heavy (non-hydrogen) atoms. The highest BCUT2D eigenvalue weighted by Crippen LogP contribution is 2.35. The van der Waals surface area contributed by atoms with Crippen molar-refractivity contribution in [2.45, 2.75) is 12.8 Å². The molecule has 0 spiro atoms. The minimum Gasteiger partial charge on any atom is -0.506 e. The molecule has 0 aliphatic carbocycles. The molecule has 6 heteroatoms. The van der Waals surface area contributed by atoms with Crippen molar-refractivity contribution in [3.8, 4) is 11.5 Å². The van der Waals surface area contributed by atoms with Gasteiger partial charge >= 0.3 is 5.97 Å². The standard InChI is InChI=1S/C15H15NO5/c1-19-15(18)13(10-3-2-6-16-10)14(17)9-4-5-11-12(7-9)21-8-20-11/h4-5,7,17H,2-3,6,8H2,1H3/b14-13-. The zero-order valence-electron chi connectivity index (χ0n) is 11.6. The Morgan fingerprint density at radius 1 is 1.33 bits per heavy atom. The zero-order chi connectivity index (χ0) is 14.8. The van der Waals surface area contributed by atoms with E-state index in [2.05, 4.69) is 4.99 Å². The Bertz CT molecular complexity index is 647. The van der Waals surface area contributed by atoms with Gasteiger partial charge in [-0.05, 0) is 31.0 Å². The fourth-order valence-electron chi connectivity index (χ4n) is 2.39. The summed E-state index contributed by atoms with van der Waals surface area (Å²) in [6.07, 6.45) is 1.52. The number of aliphatic hydroxyl groups is 1. The SMILES string of the molecule is COC(=O)/C(C1=NCCC1)=C(\O)c1ccc2c(c1)OCO2. The lowest BCUT2D eigenvalue weighted by molar-refractivity contribution is -0.135. The first kappa shape index (κ1) is 13.5. The van der Waals surface area contributed by atoms with Gasteiger partial charge in [0.05, 0.1) is 12.8 Å². The van der Waals surface area contributed by atoms with E-state index in [1.165, 1.54) is 7.11 Å². The summed E-state index contributed by atoms with van der Waals surface area (Å²) in [5.41, 5.74) is 1.17. The Hall–Kier alpha value is -2.50. The van der Waals surface area contributed by atoms with Crippen LogP contribution >= 0.6 is 0 Å². The molecule has 2 aliphatic heterocycles. The summed E-state index contributed by atoms with van der Waals surface area (Å²) >= 11 is 0. The maximum atomic E-state index is 12.0. The summed E-state index contributed by atoms with van der Waals surface area (Å²) in [6, 6.07) is 5.00. The third-order valence-electron chi connectivity index (χ3n) is 3.44. The van der Waals surface area contributed by atoms with Crippen molar-refractivity contribution in [2.24, 2.45) is 4.99 Å². The topological polar surface area (TPSA) is 77.4 Å². The Balaban J connectivity index is 2.05. The molecule has 2 aliphatic rings. The zero-order valence-corrected chi connectivity index (χ0v) is 11.6. The predicted molar refractivity (Wildman–Crippen MR) is 75.7 cm³/mol. The number of carbonyl (C=O) groups is 1. The van der Waals surface area contributed by atoms with Gasteiger partial charge in [0.2, 0.25) is 6.79 Å². The molecule has 0 aromatic heterocycles. The van der Waals surface area contributed by atoms with Crippen LogP contribution < -0.4 is 9.47 Å². The van der Waals surface area contributed by atoms with E-state index in [-0.39, 0.29) is 18.1 Å². The predicted octanol–water partition coefficient (Wildman–Crippen LogP) is 2.09. The molecule has 6 nitrogen and oxygen atoms in total. The normalized spacial score (nSPS) is 17.3. The van der Waals surface area contributed by atoms with E-state index in [1.807, 2.05) is 0 Å². The second-order valence-electron chi connectivity index (χ2n) is 4.72. The van der Waals surface area contributed by atoms with Crippen molar-refractivity contribution in [1.82, 2.24) is 0 Å². The third kappa shape index (κ3) is 2.44. The first-order valence-corrected chi connectivity index (χ1v) is 6.66. The van der Waals surface area contributed by atoms with Gasteiger partial charge in [0.1, 0.15) is 11.3 Å². The molecule has 2 heterocycles. The van der Waals surface area contributed by atoms with Crippen LogP contribution in [0.4, 0.5) is 0 Å². The molecule has 0 unspecified atom stereocenters. The number of aliphatic hydroxyl groups excluding tert-OH is 1. The van der Waals surface area contributed by atoms with Crippen LogP contribution in [0.1, 0.15) is 18.4 Å². The molecule has 0 bridgehead atoms. The Kier molecular flexibility index (Phi) is 3.51. The minimum absolute atomic E-state index is 0.119. The lowest BCUT2D eigenvalue weighted by Crippen LogP contribution is -2.15. The quantitative estimate of drug-likeness (QED) is 0.524. The summed E-state index contributed by atoms with van der Waals surface area (Å²) in [5, 5.41) is 10.5. The van der Waals surface area contributed by atoms with Gasteiger partial charge in [-0.2, -0.15) is 0 Å². The van der Waals surface area contributed by atoms with E-state index >= 15 is 0 Å². The Labute approximate surface area is 121 Å². The van der Waals surface area contributed by atoms with Crippen LogP contribution in [0.25, 0.3) is 5.76 Å². The number of aliphatic imine (C=N–C) groups is 1. The second-order valence-corrected chi connectivity index (χ2v) is 4.72. The number of ether oxygens (including phenoxy) is 3. The van der Waals surface area contributed by atoms with E-state index in [1.54, 1.807) is 18.2 Å². The molecular weight excluding hydrogens is 274 g/mol. The minimum atomic E-state index is -0.592. The molecule has 0 amide bonds. The van der Waals surface area contributed by atoms with E-state index < -0.39 is 5.97 Å². The Morgan fingerprint density at radius 3 is 2.86 bits per heavy atom. The molecule has 1 N–H and O–H groups in total. The lowest BCUT2D eigenvalue weighted by Gasteiger charge is -2.10. The Morgan fingerprint density at radius 2 is 2.14 bits per heavy atom. The highest BCUT2D eigenvalue weighted by Gasteiger charge is 2.25. The van der Waals surface area contributed by atoms with E-state index in [0.717, 1.165) is 6.42 Å². The molecule has 0 fully saturated rings. The fourth-order valence-corrected chi connectivity index (χ4v) is 2.39. The van der Waals surface area contributed by atoms with Crippen LogP contribution in [-0.4, -0.2) is 37.2 Å². The number of hydrogen-bond donors (Lipinski definition) is 1. The van der Waals surface area contributed by atoms with Crippen LogP contribution in [0.2, 0.25) is 0 Å². The van der Waals surface area contributed by atoms with Gasteiger partial charge in [-0.15, -0.1) is 0 Å². The van der Waals surface area contributed by atoms with E-state index in [9.17, 15) is 9.90 Å². The number of fused-ring (bicyclic) bond motifs is 1. The van der Waals surface area contributed by atoms with E-state index in [4.69, 9.17) is 14.2 Å². The van der Waals surface area contributed by atoms with Crippen molar-refractivity contribution in [1.29, 1.82) is 0 Å². The number of carbonyl (C=O) groups excluding carboxylic acids is 1. The van der Waals surface area contributed by atoms with Crippen molar-refractivity contribution in [3.05, 3.63) is 29.3 Å². The first-order valence-electron chi connectivity index (χ1n) is 6.66. The number of hydrogen-bond acceptors (Lipinski definition) is 6. The summed E-state index contributed by atoms with van der Waals surface area (Å²) < 4.78 is 15.3. The molecule has 110 valence electrons. The summed E-state index contributed by atoms with van der Waals surface area (Å²) in [7, 11) is 1.28. The summed E-state index contributed by atoms with van der Waals surface area (Å²) in [5.74, 6) is 0.410. The summed E-state index contributed by atoms with van der Waals surface area (Å²) in [4.78, 5) is 16.2. The average Bonchev–Trinajstić information content (AvgIpc) is 3.17. The molecule has 0 atom stereocenters. The van der Waals surface area contributed by atoms with Gasteiger partial charge in [-0.3, -0.25) is 4.99 Å². The molecule has 0 saturated carbocycles. The maximum Gasteiger partial charge on any atom is 0.343 e. The fraction of sp³-hybridized carbons (Fsp3) is 0.333. The molecule has 0 saturated heterocycles. The lowest BCUT2D eigenvalue weighted by atomic mass is 10.0. The van der Waals surface area contributed by atoms with Crippen LogP contribution in [0.3, 0.4) is 0 Å². The number of nitrogens with zero attached hydrogens (tertiary/aromatic N) is 1. The molecular formula is C15H15NO5. The summed E-state index contributed by atoms with van der Waals surface area (Å²) in [6.45, 7) is 0.810. The smallest absolute Gasteiger partial charge is 0.343 e. The molecule has 1 aromatic carbocycles. The highest BCUT2D eigenvalue weighted by atomic mass is 16.7. The second kappa shape index (κ2) is 5.47. The van der Waals surface area contributed by atoms with Crippen LogP contribution in [0, 0.1) is 0 Å². The van der Waals surface area contributed by atoms with Gasteiger partial charge in [0.25, 0.3) is 0 Å². The number of benzene rings is 1. The average molecular weight is 289 g/mol. The van der Waals surface area contributed by atoms with Crippen molar-refractivity contribution >= 4 is 17.4 Å². The number of rotatable bonds is 3.